The SMILES string of the molecule is Cc1nc([N+](=O)[O-])c(N2CCOCC2)n1C.O. The first-order valence-corrected chi connectivity index (χ1v) is 5.11. The van der Waals surface area contributed by atoms with E-state index < -0.39 is 4.92 Å². The number of rotatable bonds is 2. The summed E-state index contributed by atoms with van der Waals surface area (Å²) >= 11 is 0. The Bertz CT molecular complexity index is 411. The molecule has 2 heterocycles. The summed E-state index contributed by atoms with van der Waals surface area (Å²) in [4.78, 5) is 16.4. The fourth-order valence-electron chi connectivity index (χ4n) is 1.83. The highest BCUT2D eigenvalue weighted by atomic mass is 16.6. The number of ether oxygens (including phenoxy) is 1. The van der Waals surface area contributed by atoms with Crippen molar-refractivity contribution in [3.05, 3.63) is 15.9 Å². The van der Waals surface area contributed by atoms with Crippen molar-refractivity contribution in [2.45, 2.75) is 6.92 Å². The van der Waals surface area contributed by atoms with E-state index in [2.05, 4.69) is 4.98 Å². The molecule has 2 N–H and O–H groups in total. The van der Waals surface area contributed by atoms with Gasteiger partial charge < -0.3 is 25.2 Å². The second-order valence-electron chi connectivity index (χ2n) is 3.72. The van der Waals surface area contributed by atoms with E-state index in [0.717, 1.165) is 0 Å². The van der Waals surface area contributed by atoms with E-state index in [1.807, 2.05) is 4.90 Å². The second-order valence-corrected chi connectivity index (χ2v) is 3.72. The third-order valence-corrected chi connectivity index (χ3v) is 2.75. The molecule has 1 fully saturated rings. The van der Waals surface area contributed by atoms with Crippen LogP contribution in [0.15, 0.2) is 0 Å². The van der Waals surface area contributed by atoms with Crippen LogP contribution in [0.1, 0.15) is 5.82 Å². The van der Waals surface area contributed by atoms with Crippen molar-refractivity contribution in [1.82, 2.24) is 9.55 Å². The Morgan fingerprint density at radius 1 is 1.41 bits per heavy atom. The third kappa shape index (κ3) is 2.37. The molecule has 0 unspecified atom stereocenters. The van der Waals surface area contributed by atoms with E-state index in [1.165, 1.54) is 0 Å². The molecule has 0 radical (unpaired) electrons. The van der Waals surface area contributed by atoms with Crippen LogP contribution >= 0.6 is 0 Å². The topological polar surface area (TPSA) is 105 Å². The average Bonchev–Trinajstić information content (AvgIpc) is 2.57. The van der Waals surface area contributed by atoms with E-state index in [9.17, 15) is 10.1 Å². The van der Waals surface area contributed by atoms with E-state index in [-0.39, 0.29) is 11.3 Å². The Morgan fingerprint density at radius 3 is 2.53 bits per heavy atom. The molecule has 0 atom stereocenters. The van der Waals surface area contributed by atoms with Gasteiger partial charge in [0.25, 0.3) is 0 Å². The van der Waals surface area contributed by atoms with Gasteiger partial charge in [-0.1, -0.05) is 0 Å². The zero-order valence-electron chi connectivity index (χ0n) is 9.84. The van der Waals surface area contributed by atoms with Crippen LogP contribution in [0.3, 0.4) is 0 Å². The van der Waals surface area contributed by atoms with Crippen LogP contribution in [0.2, 0.25) is 0 Å². The summed E-state index contributed by atoms with van der Waals surface area (Å²) in [5, 5.41) is 10.9. The minimum atomic E-state index is -0.433. The number of nitrogens with zero attached hydrogens (tertiary/aromatic N) is 4. The van der Waals surface area contributed by atoms with E-state index in [1.54, 1.807) is 18.5 Å². The first kappa shape index (κ1) is 13.4. The van der Waals surface area contributed by atoms with Crippen molar-refractivity contribution in [2.24, 2.45) is 7.05 Å². The Balaban J connectivity index is 0.00000144. The molecule has 0 aromatic carbocycles. The molecule has 0 bridgehead atoms. The van der Waals surface area contributed by atoms with Gasteiger partial charge in [0, 0.05) is 27.1 Å². The van der Waals surface area contributed by atoms with Crippen molar-refractivity contribution >= 4 is 11.6 Å². The Hall–Kier alpha value is -1.67. The molecule has 8 heteroatoms. The average molecular weight is 244 g/mol. The number of nitro groups is 1. The fourth-order valence-corrected chi connectivity index (χ4v) is 1.83. The second kappa shape index (κ2) is 5.11. The fraction of sp³-hybridized carbons (Fsp3) is 0.667. The van der Waals surface area contributed by atoms with Crippen molar-refractivity contribution in [2.75, 3.05) is 31.2 Å². The maximum absolute atomic E-state index is 10.9. The summed E-state index contributed by atoms with van der Waals surface area (Å²) in [6.07, 6.45) is 0. The molecule has 1 saturated heterocycles. The Labute approximate surface area is 98.3 Å². The number of imidazole rings is 1. The number of anilines is 1. The largest absolute Gasteiger partial charge is 0.412 e. The highest BCUT2D eigenvalue weighted by Gasteiger charge is 2.28. The van der Waals surface area contributed by atoms with Gasteiger partial charge in [-0.2, -0.15) is 0 Å². The van der Waals surface area contributed by atoms with Gasteiger partial charge >= 0.3 is 5.82 Å². The van der Waals surface area contributed by atoms with Gasteiger partial charge in [0.15, 0.2) is 0 Å². The van der Waals surface area contributed by atoms with Gasteiger partial charge in [-0.15, -0.1) is 0 Å². The van der Waals surface area contributed by atoms with Crippen molar-refractivity contribution in [3.8, 4) is 0 Å². The van der Waals surface area contributed by atoms with Crippen LogP contribution in [0.4, 0.5) is 11.6 Å². The monoisotopic (exact) mass is 244 g/mol. The molecule has 8 nitrogen and oxygen atoms in total. The highest BCUT2D eigenvalue weighted by Crippen LogP contribution is 2.28. The maximum Gasteiger partial charge on any atom is 0.406 e. The number of hydrogen-bond acceptors (Lipinski definition) is 5. The van der Waals surface area contributed by atoms with E-state index >= 15 is 0 Å². The highest BCUT2D eigenvalue weighted by molar-refractivity contribution is 5.56. The van der Waals surface area contributed by atoms with Gasteiger partial charge in [-0.05, 0) is 9.91 Å². The van der Waals surface area contributed by atoms with Gasteiger partial charge in [0.1, 0.15) is 0 Å². The minimum absolute atomic E-state index is 0. The molecule has 17 heavy (non-hydrogen) atoms. The predicted octanol–water partition coefficient (Wildman–Crippen LogP) is -0.351. The number of aromatic nitrogens is 2. The lowest BCUT2D eigenvalue weighted by atomic mass is 10.4. The van der Waals surface area contributed by atoms with Crippen LogP contribution in [0, 0.1) is 17.0 Å². The maximum atomic E-state index is 10.9. The molecular formula is C9H16N4O4. The van der Waals surface area contributed by atoms with Crippen LogP contribution in [-0.2, 0) is 11.8 Å². The lowest BCUT2D eigenvalue weighted by Crippen LogP contribution is -2.37. The minimum Gasteiger partial charge on any atom is -0.412 e. The zero-order valence-corrected chi connectivity index (χ0v) is 9.84. The van der Waals surface area contributed by atoms with Gasteiger partial charge in [0.05, 0.1) is 13.2 Å². The van der Waals surface area contributed by atoms with Crippen LogP contribution in [-0.4, -0.2) is 46.3 Å². The van der Waals surface area contributed by atoms with Crippen molar-refractivity contribution in [1.29, 1.82) is 0 Å². The van der Waals surface area contributed by atoms with E-state index in [4.69, 9.17) is 4.74 Å². The number of hydrogen-bond donors (Lipinski definition) is 0. The summed E-state index contributed by atoms with van der Waals surface area (Å²) in [6.45, 7) is 4.29. The number of aryl methyl sites for hydroxylation is 1. The first-order valence-electron chi connectivity index (χ1n) is 5.11. The smallest absolute Gasteiger partial charge is 0.406 e. The summed E-state index contributed by atoms with van der Waals surface area (Å²) in [6, 6.07) is 0. The third-order valence-electron chi connectivity index (χ3n) is 2.75. The molecule has 1 aromatic heterocycles. The summed E-state index contributed by atoms with van der Waals surface area (Å²) in [5.74, 6) is 1.15. The van der Waals surface area contributed by atoms with E-state index in [0.29, 0.717) is 37.9 Å². The predicted molar refractivity (Wildman–Crippen MR) is 61.2 cm³/mol. The van der Waals surface area contributed by atoms with Crippen LogP contribution in [0.5, 0.6) is 0 Å². The van der Waals surface area contributed by atoms with Gasteiger partial charge in [-0.25, -0.2) is 0 Å². The molecule has 0 aliphatic carbocycles. The van der Waals surface area contributed by atoms with Gasteiger partial charge in [-0.3, -0.25) is 4.57 Å². The molecule has 2 rings (SSSR count). The van der Waals surface area contributed by atoms with Crippen molar-refractivity contribution in [3.63, 3.8) is 0 Å². The van der Waals surface area contributed by atoms with Crippen LogP contribution < -0.4 is 4.90 Å². The molecule has 1 aromatic rings. The molecular weight excluding hydrogens is 228 g/mol. The number of morpholine rings is 1. The standard InChI is InChI=1S/C9H14N4O3.H2O/c1-7-10-8(13(14)15)9(11(7)2)12-3-5-16-6-4-12;/h3-6H2,1-2H3;1H2. The molecule has 0 spiro atoms. The molecule has 1 aliphatic rings. The quantitative estimate of drug-likeness (QED) is 0.522. The lowest BCUT2D eigenvalue weighted by molar-refractivity contribution is -0.388. The summed E-state index contributed by atoms with van der Waals surface area (Å²) < 4.78 is 6.98. The normalized spacial score (nSPS) is 15.5. The molecule has 0 amide bonds. The molecule has 0 saturated carbocycles. The van der Waals surface area contributed by atoms with Crippen molar-refractivity contribution < 1.29 is 15.1 Å². The Kier molecular flexibility index (Phi) is 4.02. The Morgan fingerprint density at radius 2 is 2.00 bits per heavy atom. The van der Waals surface area contributed by atoms with Crippen LogP contribution in [0.25, 0.3) is 0 Å². The molecule has 96 valence electrons. The summed E-state index contributed by atoms with van der Waals surface area (Å²) in [5.41, 5.74) is 0. The summed E-state index contributed by atoms with van der Waals surface area (Å²) in [7, 11) is 1.79. The van der Waals surface area contributed by atoms with Gasteiger partial charge in [0.2, 0.25) is 11.6 Å². The lowest BCUT2D eigenvalue weighted by Gasteiger charge is -2.27. The zero-order chi connectivity index (χ0) is 11.7. The molecule has 1 aliphatic heterocycles. The first-order chi connectivity index (χ1) is 7.61.